The number of carbonyl (C=O) groups excluding carboxylic acids is 1. The van der Waals surface area contributed by atoms with E-state index in [0.29, 0.717) is 19.0 Å². The normalized spacial score (nSPS) is 17.5. The van der Waals surface area contributed by atoms with E-state index in [9.17, 15) is 4.79 Å². The number of carbonyl (C=O) groups is 1. The lowest BCUT2D eigenvalue weighted by Gasteiger charge is -2.31. The van der Waals surface area contributed by atoms with E-state index in [1.807, 2.05) is 30.5 Å². The first-order valence-electron chi connectivity index (χ1n) is 11.5. The number of amides is 2. The Hall–Kier alpha value is -2.83. The number of anilines is 1. The summed E-state index contributed by atoms with van der Waals surface area (Å²) in [5.74, 6) is 2.46. The molecule has 2 amide bonds. The van der Waals surface area contributed by atoms with Crippen LogP contribution in [-0.2, 0) is 13.1 Å². The summed E-state index contributed by atoms with van der Waals surface area (Å²) in [5.41, 5.74) is 1.96. The van der Waals surface area contributed by atoms with Crippen molar-refractivity contribution in [3.63, 3.8) is 0 Å². The highest BCUT2D eigenvalue weighted by Crippen LogP contribution is 2.23. The maximum atomic E-state index is 12.2. The molecule has 7 heteroatoms. The molecule has 0 radical (unpaired) electrons. The Bertz CT molecular complexity index is 843. The molecule has 0 bridgehead atoms. The minimum atomic E-state index is -0.204. The van der Waals surface area contributed by atoms with Crippen molar-refractivity contribution in [1.82, 2.24) is 20.6 Å². The number of aromatic nitrogens is 2. The lowest BCUT2D eigenvalue weighted by Crippen LogP contribution is -2.35. The molecule has 3 heterocycles. The second-order valence-corrected chi connectivity index (χ2v) is 8.76. The van der Waals surface area contributed by atoms with Crippen LogP contribution in [0.4, 0.5) is 10.6 Å². The van der Waals surface area contributed by atoms with Crippen LogP contribution in [0.25, 0.3) is 0 Å². The lowest BCUT2D eigenvalue weighted by atomic mass is 9.99. The monoisotopic (exact) mass is 423 g/mol. The first-order valence-corrected chi connectivity index (χ1v) is 11.5. The Balaban J connectivity index is 1.20. The Morgan fingerprint density at radius 3 is 2.48 bits per heavy atom. The van der Waals surface area contributed by atoms with Gasteiger partial charge >= 0.3 is 6.03 Å². The molecule has 2 aromatic rings. The van der Waals surface area contributed by atoms with E-state index in [1.54, 1.807) is 6.20 Å². The summed E-state index contributed by atoms with van der Waals surface area (Å²) in [6.45, 7) is 5.32. The first-order chi connectivity index (χ1) is 15.2. The molecule has 2 aliphatic rings. The molecular weight excluding hydrogens is 390 g/mol. The van der Waals surface area contributed by atoms with Crippen LogP contribution in [0.2, 0.25) is 0 Å². The van der Waals surface area contributed by atoms with Crippen molar-refractivity contribution in [1.29, 1.82) is 0 Å². The van der Waals surface area contributed by atoms with Gasteiger partial charge in [0.15, 0.2) is 0 Å². The molecule has 166 valence electrons. The average Bonchev–Trinajstić information content (AvgIpc) is 3.30. The maximum absolute atomic E-state index is 12.2. The SMILES string of the molecule is CC1CCN(c2ccc(CNC(=O)NCc3ccnc(OC4CCCC4)c3)cn2)CC1. The quantitative estimate of drug-likeness (QED) is 0.703. The Morgan fingerprint density at radius 2 is 1.77 bits per heavy atom. The topological polar surface area (TPSA) is 79.4 Å². The Morgan fingerprint density at radius 1 is 1.03 bits per heavy atom. The summed E-state index contributed by atoms with van der Waals surface area (Å²) in [7, 11) is 0. The number of hydrogen-bond acceptors (Lipinski definition) is 5. The first kappa shape index (κ1) is 21.4. The number of rotatable bonds is 7. The summed E-state index contributed by atoms with van der Waals surface area (Å²) in [4.78, 5) is 23.4. The second-order valence-electron chi connectivity index (χ2n) is 8.76. The highest BCUT2D eigenvalue weighted by molar-refractivity contribution is 5.73. The number of hydrogen-bond donors (Lipinski definition) is 2. The van der Waals surface area contributed by atoms with Crippen LogP contribution in [0.15, 0.2) is 36.7 Å². The van der Waals surface area contributed by atoms with Gasteiger partial charge in [-0.05, 0) is 67.7 Å². The fraction of sp³-hybridized carbons (Fsp3) is 0.542. The van der Waals surface area contributed by atoms with Crippen molar-refractivity contribution in [2.45, 2.75) is 64.6 Å². The third kappa shape index (κ3) is 6.32. The highest BCUT2D eigenvalue weighted by atomic mass is 16.5. The fourth-order valence-electron chi connectivity index (χ4n) is 4.18. The zero-order valence-corrected chi connectivity index (χ0v) is 18.3. The summed E-state index contributed by atoms with van der Waals surface area (Å²) in [6.07, 6.45) is 10.9. The largest absolute Gasteiger partial charge is 0.474 e. The summed E-state index contributed by atoms with van der Waals surface area (Å²) < 4.78 is 5.94. The summed E-state index contributed by atoms with van der Waals surface area (Å²) in [6, 6.07) is 7.68. The van der Waals surface area contributed by atoms with Gasteiger partial charge in [-0.2, -0.15) is 0 Å². The van der Waals surface area contributed by atoms with E-state index in [4.69, 9.17) is 4.74 Å². The van der Waals surface area contributed by atoms with E-state index >= 15 is 0 Å². The van der Waals surface area contributed by atoms with Gasteiger partial charge in [0, 0.05) is 44.6 Å². The molecule has 2 fully saturated rings. The van der Waals surface area contributed by atoms with E-state index in [-0.39, 0.29) is 12.1 Å². The number of pyridine rings is 2. The molecule has 4 rings (SSSR count). The second kappa shape index (κ2) is 10.5. The van der Waals surface area contributed by atoms with Crippen LogP contribution in [0.1, 0.15) is 56.6 Å². The van der Waals surface area contributed by atoms with Gasteiger partial charge in [0.25, 0.3) is 0 Å². The van der Waals surface area contributed by atoms with Crippen LogP contribution in [0.3, 0.4) is 0 Å². The third-order valence-corrected chi connectivity index (χ3v) is 6.21. The summed E-state index contributed by atoms with van der Waals surface area (Å²) in [5, 5.41) is 5.79. The van der Waals surface area contributed by atoms with Gasteiger partial charge in [-0.1, -0.05) is 13.0 Å². The molecule has 1 saturated carbocycles. The zero-order chi connectivity index (χ0) is 21.5. The molecule has 1 aliphatic heterocycles. The van der Waals surface area contributed by atoms with Crippen molar-refractivity contribution in [3.8, 4) is 5.88 Å². The van der Waals surface area contributed by atoms with Gasteiger partial charge in [-0.25, -0.2) is 14.8 Å². The minimum Gasteiger partial charge on any atom is -0.474 e. The van der Waals surface area contributed by atoms with Crippen LogP contribution in [0.5, 0.6) is 5.88 Å². The number of nitrogens with zero attached hydrogens (tertiary/aromatic N) is 3. The predicted molar refractivity (Wildman–Crippen MR) is 121 cm³/mol. The zero-order valence-electron chi connectivity index (χ0n) is 18.3. The van der Waals surface area contributed by atoms with Gasteiger partial charge in [0.2, 0.25) is 5.88 Å². The number of ether oxygens (including phenoxy) is 1. The van der Waals surface area contributed by atoms with Gasteiger partial charge < -0.3 is 20.3 Å². The van der Waals surface area contributed by atoms with E-state index < -0.39 is 0 Å². The van der Waals surface area contributed by atoms with Crippen LogP contribution < -0.4 is 20.3 Å². The van der Waals surface area contributed by atoms with Crippen molar-refractivity contribution >= 4 is 11.8 Å². The number of nitrogens with one attached hydrogen (secondary N) is 2. The van der Waals surface area contributed by atoms with Crippen molar-refractivity contribution in [2.24, 2.45) is 5.92 Å². The van der Waals surface area contributed by atoms with Crippen molar-refractivity contribution < 1.29 is 9.53 Å². The minimum absolute atomic E-state index is 0.204. The third-order valence-electron chi connectivity index (χ3n) is 6.21. The molecule has 7 nitrogen and oxygen atoms in total. The van der Waals surface area contributed by atoms with Gasteiger partial charge in [0.05, 0.1) is 0 Å². The molecular formula is C24H33N5O2. The lowest BCUT2D eigenvalue weighted by molar-refractivity contribution is 0.201. The number of urea groups is 1. The molecule has 0 atom stereocenters. The molecule has 31 heavy (non-hydrogen) atoms. The van der Waals surface area contributed by atoms with E-state index in [1.165, 1.54) is 25.7 Å². The highest BCUT2D eigenvalue weighted by Gasteiger charge is 2.18. The molecule has 1 aliphatic carbocycles. The van der Waals surface area contributed by atoms with Gasteiger partial charge in [-0.15, -0.1) is 0 Å². The Kier molecular flexibility index (Phi) is 7.22. The molecule has 1 saturated heterocycles. The standard InChI is InChI=1S/C24H33N5O2/c1-18-9-12-29(13-10-18)22-7-6-20(16-26-22)17-28-24(30)27-15-19-8-11-25-23(14-19)31-21-4-2-3-5-21/h6-8,11,14,16,18,21H,2-5,9-10,12-13,15,17H2,1H3,(H2,27,28,30). The van der Waals surface area contributed by atoms with Crippen LogP contribution in [-0.4, -0.2) is 35.2 Å². The summed E-state index contributed by atoms with van der Waals surface area (Å²) >= 11 is 0. The molecule has 0 aromatic carbocycles. The van der Waals surface area contributed by atoms with Gasteiger partial charge in [-0.3, -0.25) is 0 Å². The molecule has 2 N–H and O–H groups in total. The van der Waals surface area contributed by atoms with Crippen molar-refractivity contribution in [3.05, 3.63) is 47.8 Å². The van der Waals surface area contributed by atoms with Crippen LogP contribution in [0, 0.1) is 5.92 Å². The fourth-order valence-corrected chi connectivity index (χ4v) is 4.18. The molecule has 0 spiro atoms. The average molecular weight is 424 g/mol. The predicted octanol–water partition coefficient (Wildman–Crippen LogP) is 4.03. The van der Waals surface area contributed by atoms with Crippen molar-refractivity contribution in [2.75, 3.05) is 18.0 Å². The number of piperidine rings is 1. The van der Waals surface area contributed by atoms with Crippen LogP contribution >= 0.6 is 0 Å². The maximum Gasteiger partial charge on any atom is 0.315 e. The molecule has 2 aromatic heterocycles. The van der Waals surface area contributed by atoms with E-state index in [2.05, 4.69) is 32.4 Å². The van der Waals surface area contributed by atoms with E-state index in [0.717, 1.165) is 48.8 Å². The smallest absolute Gasteiger partial charge is 0.315 e. The van der Waals surface area contributed by atoms with Gasteiger partial charge in [0.1, 0.15) is 11.9 Å². The Labute approximate surface area is 184 Å². The molecule has 0 unspecified atom stereocenters.